The van der Waals surface area contributed by atoms with Gasteiger partial charge in [0.25, 0.3) is 0 Å². The van der Waals surface area contributed by atoms with Crippen LogP contribution < -0.4 is 5.32 Å². The molecule has 0 spiro atoms. The Morgan fingerprint density at radius 1 is 1.23 bits per heavy atom. The summed E-state index contributed by atoms with van der Waals surface area (Å²) in [5, 5.41) is 11.3. The fraction of sp³-hybridized carbons (Fsp3) is 0.889. The fourth-order valence-corrected chi connectivity index (χ4v) is 1.16. The van der Waals surface area contributed by atoms with E-state index < -0.39 is 0 Å². The molecule has 0 atom stereocenters. The van der Waals surface area contributed by atoms with Crippen LogP contribution in [0.5, 0.6) is 0 Å². The Morgan fingerprint density at radius 3 is 2.54 bits per heavy atom. The zero-order valence-corrected chi connectivity index (χ0v) is 8.65. The number of rotatable bonds is 8. The van der Waals surface area contributed by atoms with E-state index in [1.165, 1.54) is 0 Å². The number of amides is 1. The van der Waals surface area contributed by atoms with E-state index in [0.29, 0.717) is 12.3 Å². The second-order valence-electron chi connectivity index (χ2n) is 2.93. The Labute approximate surface area is 84.5 Å². The molecule has 0 heterocycles. The number of hydrogen-bond donors (Lipinski definition) is 2. The molecule has 4 heteroatoms. The van der Waals surface area contributed by atoms with E-state index in [-0.39, 0.29) is 12.5 Å². The van der Waals surface area contributed by atoms with Gasteiger partial charge in [0, 0.05) is 25.5 Å². The van der Waals surface area contributed by atoms with Gasteiger partial charge in [0.05, 0.1) is 0 Å². The Hall–Kier alpha value is -0.280. The molecule has 0 unspecified atom stereocenters. The third-order valence-corrected chi connectivity index (χ3v) is 1.92. The summed E-state index contributed by atoms with van der Waals surface area (Å²) in [6.07, 6.45) is 4.32. The number of alkyl halides is 1. The molecule has 78 valence electrons. The summed E-state index contributed by atoms with van der Waals surface area (Å²) in [7, 11) is 0. The number of aliphatic hydroxyl groups is 1. The van der Waals surface area contributed by atoms with Crippen LogP contribution in [0.25, 0.3) is 0 Å². The summed E-state index contributed by atoms with van der Waals surface area (Å²) < 4.78 is 0. The molecule has 0 aliphatic rings. The Bertz CT molecular complexity index is 131. The maximum Gasteiger partial charge on any atom is 0.221 e. The molecule has 0 radical (unpaired) electrons. The number of aliphatic hydroxyl groups excluding tert-OH is 1. The summed E-state index contributed by atoms with van der Waals surface area (Å²) in [4.78, 5) is 10.9. The first-order valence-electron chi connectivity index (χ1n) is 4.74. The molecule has 3 nitrogen and oxygen atoms in total. The van der Waals surface area contributed by atoms with Crippen molar-refractivity contribution in [2.75, 3.05) is 19.0 Å². The minimum absolute atomic E-state index is 0.0251. The van der Waals surface area contributed by atoms with Crippen LogP contribution in [0.15, 0.2) is 0 Å². The zero-order chi connectivity index (χ0) is 9.94. The van der Waals surface area contributed by atoms with Gasteiger partial charge in [0.2, 0.25) is 5.91 Å². The van der Waals surface area contributed by atoms with Crippen LogP contribution in [0, 0.1) is 0 Å². The number of carbonyl (C=O) groups is 1. The summed E-state index contributed by atoms with van der Waals surface area (Å²) in [5.74, 6) is 0.410. The summed E-state index contributed by atoms with van der Waals surface area (Å²) in [6, 6.07) is 0. The molecule has 0 aliphatic carbocycles. The van der Waals surface area contributed by atoms with Gasteiger partial charge < -0.3 is 10.4 Å². The average molecular weight is 208 g/mol. The maximum absolute atomic E-state index is 10.9. The van der Waals surface area contributed by atoms with E-state index in [2.05, 4.69) is 5.32 Å². The molecule has 0 bridgehead atoms. The molecule has 0 rings (SSSR count). The summed E-state index contributed by atoms with van der Waals surface area (Å²) in [5.41, 5.74) is 0. The highest BCUT2D eigenvalue weighted by Crippen LogP contribution is 1.97. The van der Waals surface area contributed by atoms with Crippen molar-refractivity contribution in [3.63, 3.8) is 0 Å². The number of unbranched alkanes of at least 4 members (excludes halogenated alkanes) is 3. The van der Waals surface area contributed by atoms with Crippen molar-refractivity contribution >= 4 is 17.5 Å². The van der Waals surface area contributed by atoms with Crippen molar-refractivity contribution in [2.24, 2.45) is 0 Å². The van der Waals surface area contributed by atoms with Crippen molar-refractivity contribution in [2.45, 2.75) is 32.1 Å². The van der Waals surface area contributed by atoms with Crippen LogP contribution in [0.2, 0.25) is 0 Å². The molecule has 0 saturated carbocycles. The number of nitrogens with one attached hydrogen (secondary N) is 1. The molecule has 13 heavy (non-hydrogen) atoms. The molecule has 0 aliphatic heterocycles. The Balaban J connectivity index is 3.02. The Morgan fingerprint density at radius 2 is 1.92 bits per heavy atom. The molecule has 0 fully saturated rings. The number of halogens is 1. The molecular formula is C9H18ClNO2. The number of carbonyl (C=O) groups excluding carboxylic acids is 1. The topological polar surface area (TPSA) is 49.3 Å². The molecule has 0 aromatic heterocycles. The smallest absolute Gasteiger partial charge is 0.221 e. The van der Waals surface area contributed by atoms with Gasteiger partial charge in [-0.3, -0.25) is 4.79 Å². The minimum Gasteiger partial charge on any atom is -0.396 e. The molecule has 0 saturated heterocycles. The summed E-state index contributed by atoms with van der Waals surface area (Å²) >= 11 is 5.39. The predicted molar refractivity (Wildman–Crippen MR) is 53.9 cm³/mol. The van der Waals surface area contributed by atoms with Crippen LogP contribution in [0.1, 0.15) is 32.1 Å². The van der Waals surface area contributed by atoms with Gasteiger partial charge in [0.1, 0.15) is 0 Å². The van der Waals surface area contributed by atoms with E-state index in [0.717, 1.165) is 32.2 Å². The van der Waals surface area contributed by atoms with Crippen LogP contribution in [0.4, 0.5) is 0 Å². The van der Waals surface area contributed by atoms with Crippen molar-refractivity contribution in [3.05, 3.63) is 0 Å². The SMILES string of the molecule is O=C(CCCl)NCCCCCCO. The Kier molecular flexibility index (Phi) is 9.59. The highest BCUT2D eigenvalue weighted by molar-refractivity contribution is 6.18. The summed E-state index contributed by atoms with van der Waals surface area (Å²) in [6.45, 7) is 0.986. The van der Waals surface area contributed by atoms with Gasteiger partial charge in [0.15, 0.2) is 0 Å². The van der Waals surface area contributed by atoms with Gasteiger partial charge in [-0.2, -0.15) is 0 Å². The van der Waals surface area contributed by atoms with E-state index in [4.69, 9.17) is 16.7 Å². The van der Waals surface area contributed by atoms with Gasteiger partial charge >= 0.3 is 0 Å². The van der Waals surface area contributed by atoms with Gasteiger partial charge in [-0.1, -0.05) is 12.8 Å². The van der Waals surface area contributed by atoms with Gasteiger partial charge in [-0.05, 0) is 12.8 Å². The maximum atomic E-state index is 10.9. The normalized spacial score (nSPS) is 10.0. The third-order valence-electron chi connectivity index (χ3n) is 1.73. The lowest BCUT2D eigenvalue weighted by Gasteiger charge is -2.02. The van der Waals surface area contributed by atoms with Crippen molar-refractivity contribution in [3.8, 4) is 0 Å². The van der Waals surface area contributed by atoms with E-state index in [1.54, 1.807) is 0 Å². The fourth-order valence-electron chi connectivity index (χ4n) is 0.992. The first-order valence-corrected chi connectivity index (χ1v) is 5.28. The number of hydrogen-bond acceptors (Lipinski definition) is 2. The van der Waals surface area contributed by atoms with E-state index >= 15 is 0 Å². The minimum atomic E-state index is 0.0251. The lowest BCUT2D eigenvalue weighted by Crippen LogP contribution is -2.24. The largest absolute Gasteiger partial charge is 0.396 e. The zero-order valence-electron chi connectivity index (χ0n) is 7.89. The molecular weight excluding hydrogens is 190 g/mol. The van der Waals surface area contributed by atoms with Crippen LogP contribution >= 0.6 is 11.6 Å². The second-order valence-corrected chi connectivity index (χ2v) is 3.30. The van der Waals surface area contributed by atoms with Crippen molar-refractivity contribution in [1.29, 1.82) is 0 Å². The first-order chi connectivity index (χ1) is 6.31. The van der Waals surface area contributed by atoms with Gasteiger partial charge in [-0.25, -0.2) is 0 Å². The monoisotopic (exact) mass is 207 g/mol. The highest BCUT2D eigenvalue weighted by atomic mass is 35.5. The lowest BCUT2D eigenvalue weighted by molar-refractivity contribution is -0.120. The van der Waals surface area contributed by atoms with Crippen LogP contribution in [-0.2, 0) is 4.79 Å². The third kappa shape index (κ3) is 9.64. The quantitative estimate of drug-likeness (QED) is 0.466. The van der Waals surface area contributed by atoms with Crippen molar-refractivity contribution < 1.29 is 9.90 Å². The van der Waals surface area contributed by atoms with Crippen LogP contribution in [-0.4, -0.2) is 30.0 Å². The first kappa shape index (κ1) is 12.7. The van der Waals surface area contributed by atoms with E-state index in [9.17, 15) is 4.79 Å². The molecule has 2 N–H and O–H groups in total. The van der Waals surface area contributed by atoms with E-state index in [1.807, 2.05) is 0 Å². The molecule has 1 amide bonds. The second kappa shape index (κ2) is 9.81. The molecule has 0 aromatic carbocycles. The predicted octanol–water partition coefficient (Wildman–Crippen LogP) is 1.28. The van der Waals surface area contributed by atoms with Crippen LogP contribution in [0.3, 0.4) is 0 Å². The van der Waals surface area contributed by atoms with Gasteiger partial charge in [-0.15, -0.1) is 11.6 Å². The average Bonchev–Trinajstić information content (AvgIpc) is 2.11. The highest BCUT2D eigenvalue weighted by Gasteiger charge is 1.97. The molecule has 0 aromatic rings. The van der Waals surface area contributed by atoms with Crippen molar-refractivity contribution in [1.82, 2.24) is 5.32 Å². The lowest BCUT2D eigenvalue weighted by atomic mass is 10.2. The standard InChI is InChI=1S/C9H18ClNO2/c10-6-5-9(13)11-7-3-1-2-4-8-12/h12H,1-8H2,(H,11,13).